The molecule has 2 heterocycles. The second kappa shape index (κ2) is 9.04. The van der Waals surface area contributed by atoms with Crippen molar-refractivity contribution in [2.45, 2.75) is 30.3 Å². The smallest absolute Gasteiger partial charge is 0.267 e. The van der Waals surface area contributed by atoms with E-state index in [9.17, 15) is 18.0 Å². The zero-order chi connectivity index (χ0) is 20.9. The van der Waals surface area contributed by atoms with Gasteiger partial charge in [-0.05, 0) is 31.0 Å². The van der Waals surface area contributed by atoms with Crippen LogP contribution in [0.15, 0.2) is 53.6 Å². The van der Waals surface area contributed by atoms with E-state index in [-0.39, 0.29) is 34.8 Å². The average molecular weight is 417 g/mol. The van der Waals surface area contributed by atoms with Crippen molar-refractivity contribution < 1.29 is 22.7 Å². The summed E-state index contributed by atoms with van der Waals surface area (Å²) < 4.78 is 30.6. The molecule has 3 rings (SSSR count). The Morgan fingerprint density at radius 2 is 1.97 bits per heavy atom. The van der Waals surface area contributed by atoms with Crippen LogP contribution >= 0.6 is 0 Å². The Labute approximate surface area is 169 Å². The Hall–Kier alpha value is -2.94. The van der Waals surface area contributed by atoms with E-state index < -0.39 is 15.7 Å². The van der Waals surface area contributed by atoms with Crippen LogP contribution in [0.3, 0.4) is 0 Å². The maximum absolute atomic E-state index is 12.6. The lowest BCUT2D eigenvalue weighted by molar-refractivity contribution is -0.133. The molecule has 1 aliphatic heterocycles. The lowest BCUT2D eigenvalue weighted by Gasteiger charge is -2.33. The van der Waals surface area contributed by atoms with Crippen molar-refractivity contribution in [3.8, 4) is 5.75 Å². The molecular formula is C20H23N3O5S. The molecule has 2 aromatic rings. The average Bonchev–Trinajstić information content (AvgIpc) is 2.73. The molecule has 9 heteroatoms. The molecule has 1 fully saturated rings. The van der Waals surface area contributed by atoms with Gasteiger partial charge in [-0.3, -0.25) is 14.6 Å². The monoisotopic (exact) mass is 417 g/mol. The summed E-state index contributed by atoms with van der Waals surface area (Å²) >= 11 is 0. The number of pyridine rings is 1. The summed E-state index contributed by atoms with van der Waals surface area (Å²) in [6.07, 6.45) is 2.61. The number of sulfone groups is 1. The summed E-state index contributed by atoms with van der Waals surface area (Å²) in [6, 6.07) is 11.2. The third-order valence-electron chi connectivity index (χ3n) is 4.70. The van der Waals surface area contributed by atoms with E-state index in [1.54, 1.807) is 29.2 Å². The number of benzene rings is 1. The Morgan fingerprint density at radius 3 is 2.69 bits per heavy atom. The molecule has 0 spiro atoms. The number of rotatable bonds is 7. The van der Waals surface area contributed by atoms with Crippen LogP contribution < -0.4 is 10.5 Å². The summed E-state index contributed by atoms with van der Waals surface area (Å²) in [6.45, 7) is 0.922. The largest absolute Gasteiger partial charge is 0.488 e. The van der Waals surface area contributed by atoms with E-state index in [2.05, 4.69) is 4.98 Å². The van der Waals surface area contributed by atoms with Crippen molar-refractivity contribution in [2.75, 3.05) is 18.8 Å². The molecule has 0 radical (unpaired) electrons. The highest BCUT2D eigenvalue weighted by Gasteiger charge is 2.26. The maximum atomic E-state index is 12.6. The standard InChI is InChI=1S/C20H23N3O5S/c21-20(25)18-13-15(8-10-22-18)28-16-5-4-11-23(14-16)19(24)9-12-29(26,27)17-6-2-1-3-7-17/h1-3,6-8,10,13,16H,4-5,9,11-12,14H2,(H2,21,25). The molecule has 0 aliphatic carbocycles. The third-order valence-corrected chi connectivity index (χ3v) is 6.44. The van der Waals surface area contributed by atoms with E-state index in [1.807, 2.05) is 0 Å². The molecule has 2 N–H and O–H groups in total. The minimum Gasteiger partial charge on any atom is -0.488 e. The van der Waals surface area contributed by atoms with Gasteiger partial charge >= 0.3 is 0 Å². The number of likely N-dealkylation sites (tertiary alicyclic amines) is 1. The molecule has 0 saturated carbocycles. The van der Waals surface area contributed by atoms with Gasteiger partial charge in [0.1, 0.15) is 17.5 Å². The fourth-order valence-corrected chi connectivity index (χ4v) is 4.45. The highest BCUT2D eigenvalue weighted by molar-refractivity contribution is 7.91. The van der Waals surface area contributed by atoms with Gasteiger partial charge in [-0.1, -0.05) is 18.2 Å². The van der Waals surface area contributed by atoms with Crippen LogP contribution in [-0.4, -0.2) is 55.1 Å². The van der Waals surface area contributed by atoms with Crippen molar-refractivity contribution in [1.82, 2.24) is 9.88 Å². The summed E-state index contributed by atoms with van der Waals surface area (Å²) in [4.78, 5) is 29.5. The number of nitrogens with zero attached hydrogens (tertiary/aromatic N) is 2. The fraction of sp³-hybridized carbons (Fsp3) is 0.350. The molecule has 1 aromatic heterocycles. The van der Waals surface area contributed by atoms with Crippen LogP contribution in [0.2, 0.25) is 0 Å². The van der Waals surface area contributed by atoms with Crippen LogP contribution in [0.1, 0.15) is 29.8 Å². The van der Waals surface area contributed by atoms with Gasteiger partial charge in [0, 0.05) is 25.2 Å². The van der Waals surface area contributed by atoms with Crippen LogP contribution in [0.4, 0.5) is 0 Å². The topological polar surface area (TPSA) is 120 Å². The number of hydrogen-bond donors (Lipinski definition) is 1. The SMILES string of the molecule is NC(=O)c1cc(OC2CCCN(C(=O)CCS(=O)(=O)c3ccccc3)C2)ccn1. The second-order valence-corrected chi connectivity index (χ2v) is 8.95. The first-order valence-corrected chi connectivity index (χ1v) is 11.0. The number of aromatic nitrogens is 1. The van der Waals surface area contributed by atoms with Gasteiger partial charge < -0.3 is 15.4 Å². The van der Waals surface area contributed by atoms with E-state index in [0.29, 0.717) is 18.8 Å². The molecule has 8 nitrogen and oxygen atoms in total. The highest BCUT2D eigenvalue weighted by Crippen LogP contribution is 2.20. The number of ether oxygens (including phenoxy) is 1. The van der Waals surface area contributed by atoms with Gasteiger partial charge in [-0.2, -0.15) is 0 Å². The zero-order valence-electron chi connectivity index (χ0n) is 15.9. The van der Waals surface area contributed by atoms with Gasteiger partial charge in [0.2, 0.25) is 5.91 Å². The summed E-state index contributed by atoms with van der Waals surface area (Å²) in [5.41, 5.74) is 5.34. The third kappa shape index (κ3) is 5.54. The second-order valence-electron chi connectivity index (χ2n) is 6.84. The van der Waals surface area contributed by atoms with E-state index in [4.69, 9.17) is 10.5 Å². The Morgan fingerprint density at radius 1 is 1.21 bits per heavy atom. The van der Waals surface area contributed by atoms with Crippen molar-refractivity contribution >= 4 is 21.7 Å². The Balaban J connectivity index is 1.57. The molecular weight excluding hydrogens is 394 g/mol. The predicted octanol–water partition coefficient (Wildman–Crippen LogP) is 1.41. The van der Waals surface area contributed by atoms with Crippen LogP contribution in [0.25, 0.3) is 0 Å². The number of primary amides is 1. The predicted molar refractivity (Wildman–Crippen MR) is 106 cm³/mol. The first-order valence-electron chi connectivity index (χ1n) is 9.33. The number of carbonyl (C=O) groups excluding carboxylic acids is 2. The van der Waals surface area contributed by atoms with Crippen molar-refractivity contribution in [3.05, 3.63) is 54.4 Å². The summed E-state index contributed by atoms with van der Waals surface area (Å²) in [5, 5.41) is 0. The molecule has 2 amide bonds. The van der Waals surface area contributed by atoms with Crippen molar-refractivity contribution in [1.29, 1.82) is 0 Å². The molecule has 1 unspecified atom stereocenters. The quantitative estimate of drug-likeness (QED) is 0.727. The molecule has 29 heavy (non-hydrogen) atoms. The van der Waals surface area contributed by atoms with E-state index in [1.165, 1.54) is 24.4 Å². The molecule has 1 aromatic carbocycles. The van der Waals surface area contributed by atoms with Crippen molar-refractivity contribution in [2.24, 2.45) is 5.73 Å². The summed E-state index contributed by atoms with van der Waals surface area (Å²) in [7, 11) is -3.50. The lowest BCUT2D eigenvalue weighted by Crippen LogP contribution is -2.44. The van der Waals surface area contributed by atoms with E-state index in [0.717, 1.165) is 12.8 Å². The number of carbonyl (C=O) groups is 2. The molecule has 154 valence electrons. The van der Waals surface area contributed by atoms with Gasteiger partial charge in [0.15, 0.2) is 9.84 Å². The van der Waals surface area contributed by atoms with Gasteiger partial charge in [0.05, 0.1) is 17.2 Å². The van der Waals surface area contributed by atoms with Crippen molar-refractivity contribution in [3.63, 3.8) is 0 Å². The minimum atomic E-state index is -3.50. The molecule has 1 saturated heterocycles. The summed E-state index contributed by atoms with van der Waals surface area (Å²) in [5.74, 6) is -0.634. The zero-order valence-corrected chi connectivity index (χ0v) is 16.7. The maximum Gasteiger partial charge on any atom is 0.267 e. The number of piperidine rings is 1. The van der Waals surface area contributed by atoms with Gasteiger partial charge in [-0.25, -0.2) is 8.42 Å². The Bertz CT molecular complexity index is 979. The minimum absolute atomic E-state index is 0.0783. The van der Waals surface area contributed by atoms with E-state index >= 15 is 0 Å². The number of hydrogen-bond acceptors (Lipinski definition) is 6. The fourth-order valence-electron chi connectivity index (χ4n) is 3.20. The molecule has 1 aliphatic rings. The highest BCUT2D eigenvalue weighted by atomic mass is 32.2. The first-order chi connectivity index (χ1) is 13.8. The van der Waals surface area contributed by atoms with Gasteiger partial charge in [-0.15, -0.1) is 0 Å². The normalized spacial score (nSPS) is 17.0. The number of nitrogens with two attached hydrogens (primary N) is 1. The first kappa shape index (κ1) is 20.8. The lowest BCUT2D eigenvalue weighted by atomic mass is 10.1. The van der Waals surface area contributed by atoms with Crippen LogP contribution in [0, 0.1) is 0 Å². The van der Waals surface area contributed by atoms with Crippen LogP contribution in [0.5, 0.6) is 5.75 Å². The Kier molecular flexibility index (Phi) is 6.48. The van der Waals surface area contributed by atoms with Gasteiger partial charge in [0.25, 0.3) is 5.91 Å². The molecule has 1 atom stereocenters. The number of amides is 2. The molecule has 0 bridgehead atoms. The van der Waals surface area contributed by atoms with Crippen LogP contribution in [-0.2, 0) is 14.6 Å².